The highest BCUT2D eigenvalue weighted by molar-refractivity contribution is 5.90. The second kappa shape index (κ2) is 6.45. The maximum absolute atomic E-state index is 12.8. The number of imidazole rings is 1. The lowest BCUT2D eigenvalue weighted by atomic mass is 9.97. The number of oxazole rings is 1. The molecule has 5 rings (SSSR count). The number of carbonyl (C=O) groups is 1. The zero-order valence-corrected chi connectivity index (χ0v) is 17.7. The molecule has 5 heterocycles. The number of carbonyl (C=O) groups excluding carboxylic acids is 1. The fourth-order valence-corrected chi connectivity index (χ4v) is 4.70. The van der Waals surface area contributed by atoms with Gasteiger partial charge in [0.2, 0.25) is 0 Å². The summed E-state index contributed by atoms with van der Waals surface area (Å²) in [5.74, 6) is 0.836. The number of hydrogen-bond donors (Lipinski definition) is 0. The highest BCUT2D eigenvalue weighted by atomic mass is 16.4. The molecule has 2 saturated heterocycles. The minimum Gasteiger partial charge on any atom is -0.441 e. The summed E-state index contributed by atoms with van der Waals surface area (Å²) in [6.07, 6.45) is 3.81. The molecule has 0 spiro atoms. The largest absolute Gasteiger partial charge is 0.441 e. The summed E-state index contributed by atoms with van der Waals surface area (Å²) in [4.78, 5) is 38.3. The first kappa shape index (κ1) is 18.9. The van der Waals surface area contributed by atoms with Gasteiger partial charge in [-0.1, -0.05) is 20.8 Å². The van der Waals surface area contributed by atoms with Gasteiger partial charge in [0, 0.05) is 26.7 Å². The number of hydrogen-bond acceptors (Lipinski definition) is 6. The van der Waals surface area contributed by atoms with Crippen molar-refractivity contribution in [1.29, 1.82) is 0 Å². The maximum atomic E-state index is 12.8. The van der Waals surface area contributed by atoms with Gasteiger partial charge in [0.25, 0.3) is 5.89 Å². The Morgan fingerprint density at radius 3 is 2.67 bits per heavy atom. The predicted octanol–water partition coefficient (Wildman–Crippen LogP) is 1.87. The van der Waals surface area contributed by atoms with Crippen molar-refractivity contribution in [3.8, 4) is 0 Å². The van der Waals surface area contributed by atoms with Crippen molar-refractivity contribution >= 4 is 22.9 Å². The Morgan fingerprint density at radius 2 is 2.03 bits per heavy atom. The van der Waals surface area contributed by atoms with Crippen LogP contribution in [0, 0.1) is 5.41 Å². The number of piperazine rings is 1. The highest BCUT2D eigenvalue weighted by Crippen LogP contribution is 2.35. The molecule has 30 heavy (non-hydrogen) atoms. The van der Waals surface area contributed by atoms with Crippen LogP contribution in [0.25, 0.3) is 11.2 Å². The molecule has 0 saturated carbocycles. The molecule has 0 unspecified atom stereocenters. The summed E-state index contributed by atoms with van der Waals surface area (Å²) < 4.78 is 8.60. The van der Waals surface area contributed by atoms with Crippen LogP contribution in [-0.2, 0) is 13.6 Å². The number of fused-ring (bicyclic) bond motifs is 3. The molecular weight excluding hydrogens is 384 g/mol. The van der Waals surface area contributed by atoms with Gasteiger partial charge < -0.3 is 14.2 Å². The normalized spacial score (nSPS) is 21.2. The van der Waals surface area contributed by atoms with Crippen LogP contribution in [0.1, 0.15) is 37.9 Å². The Hall–Kier alpha value is -3.10. The van der Waals surface area contributed by atoms with Crippen LogP contribution in [0.2, 0.25) is 0 Å². The predicted molar refractivity (Wildman–Crippen MR) is 112 cm³/mol. The van der Waals surface area contributed by atoms with Crippen molar-refractivity contribution < 1.29 is 9.21 Å². The molecule has 1 amide bonds. The molecular formula is C21H26N6O3. The van der Waals surface area contributed by atoms with Crippen molar-refractivity contribution in [2.24, 2.45) is 12.5 Å². The zero-order valence-electron chi connectivity index (χ0n) is 17.7. The summed E-state index contributed by atoms with van der Waals surface area (Å²) in [6.45, 7) is 8.32. The van der Waals surface area contributed by atoms with Crippen LogP contribution in [-0.4, -0.2) is 55.1 Å². The number of aryl methyl sites for hydroxylation is 1. The molecule has 3 aromatic heterocycles. The first-order valence-electron chi connectivity index (χ1n) is 10.3. The van der Waals surface area contributed by atoms with Crippen molar-refractivity contribution in [3.05, 3.63) is 41.0 Å². The SMILES string of the molecule is Cn1c(=O)n(CC(C)(C)C)c2ccc(N3C[C@@H]4C[C@H]3CN4C(=O)c3ncco3)nc21. The van der Waals surface area contributed by atoms with E-state index >= 15 is 0 Å². The van der Waals surface area contributed by atoms with Crippen LogP contribution in [0.5, 0.6) is 0 Å². The summed E-state index contributed by atoms with van der Waals surface area (Å²) in [7, 11) is 1.77. The van der Waals surface area contributed by atoms with E-state index in [4.69, 9.17) is 9.40 Å². The molecule has 9 nitrogen and oxygen atoms in total. The van der Waals surface area contributed by atoms with E-state index in [1.165, 1.54) is 12.5 Å². The van der Waals surface area contributed by atoms with Crippen LogP contribution >= 0.6 is 0 Å². The minimum absolute atomic E-state index is 0.0102. The summed E-state index contributed by atoms with van der Waals surface area (Å²) >= 11 is 0. The Balaban J connectivity index is 1.41. The van der Waals surface area contributed by atoms with E-state index in [0.717, 1.165) is 17.8 Å². The van der Waals surface area contributed by atoms with Crippen LogP contribution < -0.4 is 10.6 Å². The summed E-state index contributed by atoms with van der Waals surface area (Å²) in [6, 6.07) is 4.29. The van der Waals surface area contributed by atoms with Gasteiger partial charge >= 0.3 is 11.6 Å². The molecule has 0 radical (unpaired) electrons. The number of pyridine rings is 1. The smallest absolute Gasteiger partial charge is 0.330 e. The van der Waals surface area contributed by atoms with Gasteiger partial charge in [-0.3, -0.25) is 13.9 Å². The van der Waals surface area contributed by atoms with Crippen LogP contribution in [0.15, 0.2) is 33.8 Å². The van der Waals surface area contributed by atoms with E-state index in [1.54, 1.807) is 16.2 Å². The van der Waals surface area contributed by atoms with Gasteiger partial charge in [-0.25, -0.2) is 14.8 Å². The van der Waals surface area contributed by atoms with Crippen molar-refractivity contribution in [3.63, 3.8) is 0 Å². The molecule has 2 atom stereocenters. The van der Waals surface area contributed by atoms with Gasteiger partial charge in [0.15, 0.2) is 5.65 Å². The Kier molecular flexibility index (Phi) is 4.06. The number of rotatable bonds is 3. The second-order valence-electron chi connectivity index (χ2n) is 9.49. The van der Waals surface area contributed by atoms with E-state index in [1.807, 2.05) is 17.0 Å². The van der Waals surface area contributed by atoms with E-state index in [0.29, 0.717) is 25.3 Å². The molecule has 0 aromatic carbocycles. The van der Waals surface area contributed by atoms with E-state index < -0.39 is 0 Å². The monoisotopic (exact) mass is 410 g/mol. The molecule has 3 aromatic rings. The van der Waals surface area contributed by atoms with Crippen molar-refractivity contribution in [1.82, 2.24) is 24.0 Å². The molecule has 2 bridgehead atoms. The number of anilines is 1. The van der Waals surface area contributed by atoms with Gasteiger partial charge in [-0.15, -0.1) is 0 Å². The molecule has 9 heteroatoms. The van der Waals surface area contributed by atoms with Gasteiger partial charge in [0.1, 0.15) is 12.1 Å². The van der Waals surface area contributed by atoms with E-state index in [9.17, 15) is 9.59 Å². The first-order valence-corrected chi connectivity index (χ1v) is 10.3. The molecule has 2 aliphatic rings. The molecule has 2 aliphatic heterocycles. The average molecular weight is 410 g/mol. The average Bonchev–Trinajstić information content (AvgIpc) is 3.48. The van der Waals surface area contributed by atoms with E-state index in [-0.39, 0.29) is 35.0 Å². The summed E-state index contributed by atoms with van der Waals surface area (Å²) in [5, 5.41) is 0. The fraction of sp³-hybridized carbons (Fsp3) is 0.524. The lowest BCUT2D eigenvalue weighted by Crippen LogP contribution is -2.49. The zero-order chi connectivity index (χ0) is 21.2. The Bertz CT molecular complexity index is 1170. The van der Waals surface area contributed by atoms with E-state index in [2.05, 4.69) is 30.7 Å². The number of aromatic nitrogens is 4. The topological polar surface area (TPSA) is 89.4 Å². The van der Waals surface area contributed by atoms with Crippen molar-refractivity contribution in [2.75, 3.05) is 18.0 Å². The lowest BCUT2D eigenvalue weighted by Gasteiger charge is -2.34. The Labute approximate surface area is 173 Å². The minimum atomic E-state index is -0.155. The van der Waals surface area contributed by atoms with Gasteiger partial charge in [0.05, 0.1) is 23.8 Å². The Morgan fingerprint density at radius 1 is 1.23 bits per heavy atom. The summed E-state index contributed by atoms with van der Waals surface area (Å²) in [5.41, 5.74) is 1.49. The second-order valence-corrected chi connectivity index (χ2v) is 9.49. The van der Waals surface area contributed by atoms with Gasteiger partial charge in [-0.05, 0) is 24.0 Å². The molecule has 0 aliphatic carbocycles. The first-order chi connectivity index (χ1) is 14.2. The lowest BCUT2D eigenvalue weighted by molar-refractivity contribution is 0.0685. The third-order valence-corrected chi connectivity index (χ3v) is 6.01. The van der Waals surface area contributed by atoms with Crippen molar-refractivity contribution in [2.45, 2.75) is 45.8 Å². The van der Waals surface area contributed by atoms with Crippen LogP contribution in [0.4, 0.5) is 5.82 Å². The van der Waals surface area contributed by atoms with Crippen LogP contribution in [0.3, 0.4) is 0 Å². The molecule has 0 N–H and O–H groups in total. The number of likely N-dealkylation sites (tertiary alicyclic amines) is 1. The standard InChI is InChI=1S/C21H26N6O3/c1-21(2,3)12-27-15-5-6-16(23-17(15)24(4)20(27)29)25-10-14-9-13(25)11-26(14)19(28)18-22-7-8-30-18/h5-8,13-14H,9-12H2,1-4H3/t13-,14-/m0/s1. The third kappa shape index (κ3) is 2.91. The third-order valence-electron chi connectivity index (χ3n) is 6.01. The number of amides is 1. The quantitative estimate of drug-likeness (QED) is 0.655. The molecule has 2 fully saturated rings. The van der Waals surface area contributed by atoms with Gasteiger partial charge in [-0.2, -0.15) is 0 Å². The highest BCUT2D eigenvalue weighted by Gasteiger charge is 2.46. The fourth-order valence-electron chi connectivity index (χ4n) is 4.70. The maximum Gasteiger partial charge on any atom is 0.330 e. The number of nitrogens with zero attached hydrogens (tertiary/aromatic N) is 6. The molecule has 158 valence electrons.